The van der Waals surface area contributed by atoms with Crippen LogP contribution in [-0.2, 0) is 4.79 Å². The Hall–Kier alpha value is -0.610. The van der Waals surface area contributed by atoms with Gasteiger partial charge in [0.05, 0.1) is 12.6 Å². The molecular formula is C14H28N2O2. The first kappa shape index (κ1) is 15.4. The van der Waals surface area contributed by atoms with Crippen LogP contribution in [0.4, 0.5) is 0 Å². The number of amides is 1. The first-order chi connectivity index (χ1) is 8.67. The van der Waals surface area contributed by atoms with Crippen LogP contribution < -0.4 is 10.6 Å². The highest BCUT2D eigenvalue weighted by molar-refractivity contribution is 5.78. The van der Waals surface area contributed by atoms with E-state index in [0.717, 1.165) is 38.6 Å². The van der Waals surface area contributed by atoms with Crippen molar-refractivity contribution in [1.82, 2.24) is 10.6 Å². The molecule has 1 saturated carbocycles. The highest BCUT2D eigenvalue weighted by atomic mass is 16.3. The van der Waals surface area contributed by atoms with Crippen LogP contribution in [0.1, 0.15) is 52.4 Å². The minimum Gasteiger partial charge on any atom is -0.393 e. The van der Waals surface area contributed by atoms with Gasteiger partial charge in [0.25, 0.3) is 0 Å². The highest BCUT2D eigenvalue weighted by Gasteiger charge is 2.22. The maximum absolute atomic E-state index is 11.7. The summed E-state index contributed by atoms with van der Waals surface area (Å²) in [6.07, 6.45) is 6.08. The maximum Gasteiger partial charge on any atom is 0.234 e. The summed E-state index contributed by atoms with van der Waals surface area (Å²) < 4.78 is 0. The minimum absolute atomic E-state index is 0.0639. The van der Waals surface area contributed by atoms with Crippen molar-refractivity contribution in [2.45, 2.75) is 64.5 Å². The third kappa shape index (κ3) is 5.36. The van der Waals surface area contributed by atoms with Crippen molar-refractivity contribution < 1.29 is 9.90 Å². The normalized spacial score (nSPS) is 24.2. The molecule has 3 N–H and O–H groups in total. The predicted octanol–water partition coefficient (Wildman–Crippen LogP) is 1.43. The molecule has 4 nitrogen and oxygen atoms in total. The molecule has 0 saturated heterocycles. The van der Waals surface area contributed by atoms with Gasteiger partial charge >= 0.3 is 0 Å². The van der Waals surface area contributed by atoms with Crippen LogP contribution in [0.25, 0.3) is 0 Å². The van der Waals surface area contributed by atoms with Crippen LogP contribution in [0.5, 0.6) is 0 Å². The Morgan fingerprint density at radius 2 is 1.94 bits per heavy atom. The van der Waals surface area contributed by atoms with E-state index in [1.807, 2.05) is 0 Å². The van der Waals surface area contributed by atoms with Gasteiger partial charge in [0.2, 0.25) is 5.91 Å². The first-order valence-corrected chi connectivity index (χ1v) is 7.35. The summed E-state index contributed by atoms with van der Waals surface area (Å²) in [5.41, 5.74) is 0. The smallest absolute Gasteiger partial charge is 0.234 e. The molecule has 0 radical (unpaired) electrons. The molecule has 106 valence electrons. The van der Waals surface area contributed by atoms with Gasteiger partial charge < -0.3 is 15.7 Å². The second kappa shape index (κ2) is 8.48. The van der Waals surface area contributed by atoms with Crippen molar-refractivity contribution in [1.29, 1.82) is 0 Å². The minimum atomic E-state index is -0.187. The van der Waals surface area contributed by atoms with Gasteiger partial charge in [0.1, 0.15) is 0 Å². The molecule has 0 aromatic heterocycles. The molecule has 0 bridgehead atoms. The lowest BCUT2D eigenvalue weighted by Crippen LogP contribution is -2.42. The number of rotatable bonds is 7. The molecule has 0 spiro atoms. The number of hydrogen-bond acceptors (Lipinski definition) is 3. The van der Waals surface area contributed by atoms with E-state index in [9.17, 15) is 9.90 Å². The molecule has 0 aromatic carbocycles. The third-order valence-corrected chi connectivity index (χ3v) is 3.91. The standard InChI is InChI=1S/C14H28N2O2/c1-3-12(4-2)16-14(18)10-15-9-11-7-5-6-8-13(11)17/h11-13,15,17H,3-10H2,1-2H3,(H,16,18). The lowest BCUT2D eigenvalue weighted by molar-refractivity contribution is -0.121. The monoisotopic (exact) mass is 256 g/mol. The Bertz CT molecular complexity index is 242. The number of carbonyl (C=O) groups excluding carboxylic acids is 1. The first-order valence-electron chi connectivity index (χ1n) is 7.35. The molecule has 0 heterocycles. The van der Waals surface area contributed by atoms with E-state index >= 15 is 0 Å². The van der Waals surface area contributed by atoms with Gasteiger partial charge in [0, 0.05) is 12.6 Å². The number of nitrogens with one attached hydrogen (secondary N) is 2. The van der Waals surface area contributed by atoms with Gasteiger partial charge in [-0.1, -0.05) is 26.7 Å². The van der Waals surface area contributed by atoms with Gasteiger partial charge in [0.15, 0.2) is 0 Å². The number of aliphatic hydroxyl groups is 1. The summed E-state index contributed by atoms with van der Waals surface area (Å²) in [6, 6.07) is 0.291. The summed E-state index contributed by atoms with van der Waals surface area (Å²) in [5.74, 6) is 0.383. The van der Waals surface area contributed by atoms with E-state index in [-0.39, 0.29) is 12.0 Å². The Labute approximate surface area is 111 Å². The fraction of sp³-hybridized carbons (Fsp3) is 0.929. The molecule has 1 fully saturated rings. The molecule has 0 aromatic rings. The van der Waals surface area contributed by atoms with Crippen molar-refractivity contribution in [3.8, 4) is 0 Å². The van der Waals surface area contributed by atoms with Crippen LogP contribution in [0.2, 0.25) is 0 Å². The van der Waals surface area contributed by atoms with Gasteiger partial charge in [-0.25, -0.2) is 0 Å². The lowest BCUT2D eigenvalue weighted by Gasteiger charge is -2.27. The molecule has 1 aliphatic rings. The Morgan fingerprint density at radius 3 is 2.56 bits per heavy atom. The Balaban J connectivity index is 2.14. The van der Waals surface area contributed by atoms with Crippen LogP contribution >= 0.6 is 0 Å². The largest absolute Gasteiger partial charge is 0.393 e. The molecule has 1 amide bonds. The summed E-state index contributed by atoms with van der Waals surface area (Å²) in [7, 11) is 0. The van der Waals surface area contributed by atoms with E-state index in [1.165, 1.54) is 6.42 Å². The molecule has 0 aliphatic heterocycles. The van der Waals surface area contributed by atoms with Gasteiger partial charge in [-0.15, -0.1) is 0 Å². The predicted molar refractivity (Wildman–Crippen MR) is 73.3 cm³/mol. The Kier molecular flexibility index (Phi) is 7.28. The van der Waals surface area contributed by atoms with Crippen molar-refractivity contribution in [3.63, 3.8) is 0 Å². The topological polar surface area (TPSA) is 61.4 Å². The number of carbonyl (C=O) groups is 1. The van der Waals surface area contributed by atoms with Gasteiger partial charge in [-0.2, -0.15) is 0 Å². The molecule has 18 heavy (non-hydrogen) atoms. The summed E-state index contributed by atoms with van der Waals surface area (Å²) >= 11 is 0. The van der Waals surface area contributed by atoms with E-state index in [1.54, 1.807) is 0 Å². The van der Waals surface area contributed by atoms with Crippen molar-refractivity contribution in [2.75, 3.05) is 13.1 Å². The fourth-order valence-electron chi connectivity index (χ4n) is 2.57. The summed E-state index contributed by atoms with van der Waals surface area (Å²) in [5, 5.41) is 16.0. The van der Waals surface area contributed by atoms with Crippen molar-refractivity contribution in [2.24, 2.45) is 5.92 Å². The molecule has 1 rings (SSSR count). The van der Waals surface area contributed by atoms with Crippen LogP contribution in [0, 0.1) is 5.92 Å². The summed E-state index contributed by atoms with van der Waals surface area (Å²) in [4.78, 5) is 11.7. The van der Waals surface area contributed by atoms with Crippen LogP contribution in [0.15, 0.2) is 0 Å². The SMILES string of the molecule is CCC(CC)NC(=O)CNCC1CCCCC1O. The second-order valence-electron chi connectivity index (χ2n) is 5.32. The Morgan fingerprint density at radius 1 is 1.28 bits per heavy atom. The quantitative estimate of drug-likeness (QED) is 0.646. The molecule has 2 unspecified atom stereocenters. The van der Waals surface area contributed by atoms with E-state index < -0.39 is 0 Å². The third-order valence-electron chi connectivity index (χ3n) is 3.91. The van der Waals surface area contributed by atoms with Crippen LogP contribution in [0.3, 0.4) is 0 Å². The van der Waals surface area contributed by atoms with E-state index in [0.29, 0.717) is 18.5 Å². The van der Waals surface area contributed by atoms with Gasteiger partial charge in [-0.05, 0) is 31.6 Å². The van der Waals surface area contributed by atoms with E-state index in [4.69, 9.17) is 0 Å². The molecule has 2 atom stereocenters. The molecule has 4 heteroatoms. The van der Waals surface area contributed by atoms with Crippen molar-refractivity contribution in [3.05, 3.63) is 0 Å². The highest BCUT2D eigenvalue weighted by Crippen LogP contribution is 2.23. The maximum atomic E-state index is 11.7. The molecular weight excluding hydrogens is 228 g/mol. The van der Waals surface area contributed by atoms with Crippen molar-refractivity contribution >= 4 is 5.91 Å². The zero-order valence-corrected chi connectivity index (χ0v) is 11.7. The summed E-state index contributed by atoms with van der Waals surface area (Å²) in [6.45, 7) is 5.28. The second-order valence-corrected chi connectivity index (χ2v) is 5.32. The average molecular weight is 256 g/mol. The zero-order valence-electron chi connectivity index (χ0n) is 11.7. The average Bonchev–Trinajstić information content (AvgIpc) is 2.38. The fourth-order valence-corrected chi connectivity index (χ4v) is 2.57. The molecule has 1 aliphatic carbocycles. The van der Waals surface area contributed by atoms with Gasteiger partial charge in [-0.3, -0.25) is 4.79 Å². The number of aliphatic hydroxyl groups excluding tert-OH is 1. The van der Waals surface area contributed by atoms with E-state index in [2.05, 4.69) is 24.5 Å². The lowest BCUT2D eigenvalue weighted by atomic mass is 9.86. The number of hydrogen-bond donors (Lipinski definition) is 3. The van der Waals surface area contributed by atoms with Crippen LogP contribution in [-0.4, -0.2) is 36.2 Å². The zero-order chi connectivity index (χ0) is 13.4.